The molecule has 0 bridgehead atoms. The van der Waals surface area contributed by atoms with Gasteiger partial charge in [-0.1, -0.05) is 26.3 Å². The molecular formula is C14H20N4. The number of hydrogen-bond donors (Lipinski definition) is 1. The molecule has 96 valence electrons. The van der Waals surface area contributed by atoms with Gasteiger partial charge in [0.05, 0.1) is 5.69 Å². The molecule has 1 aromatic heterocycles. The third-order valence-electron chi connectivity index (χ3n) is 3.00. The van der Waals surface area contributed by atoms with Gasteiger partial charge in [-0.05, 0) is 30.5 Å². The molecule has 2 aromatic rings. The maximum atomic E-state index is 3.82. The number of benzene rings is 1. The van der Waals surface area contributed by atoms with Crippen molar-refractivity contribution < 1.29 is 0 Å². The van der Waals surface area contributed by atoms with E-state index in [-0.39, 0.29) is 0 Å². The molecule has 0 fully saturated rings. The summed E-state index contributed by atoms with van der Waals surface area (Å²) in [6.45, 7) is 5.52. The average Bonchev–Trinajstić information content (AvgIpc) is 2.91. The molecule has 0 amide bonds. The quantitative estimate of drug-likeness (QED) is 0.849. The Labute approximate surface area is 108 Å². The number of hydrogen-bond acceptors (Lipinski definition) is 3. The van der Waals surface area contributed by atoms with Crippen molar-refractivity contribution in [2.24, 2.45) is 5.92 Å². The van der Waals surface area contributed by atoms with Crippen molar-refractivity contribution >= 4 is 5.69 Å². The zero-order valence-corrected chi connectivity index (χ0v) is 11.0. The fraction of sp³-hybridized carbons (Fsp3) is 0.429. The number of aromatic nitrogens is 3. The molecule has 18 heavy (non-hydrogen) atoms. The second-order valence-corrected chi connectivity index (χ2v) is 4.69. The summed E-state index contributed by atoms with van der Waals surface area (Å²) in [6, 6.07) is 8.29. The van der Waals surface area contributed by atoms with Crippen molar-refractivity contribution in [3.63, 3.8) is 0 Å². The first-order valence-electron chi connectivity index (χ1n) is 6.48. The van der Waals surface area contributed by atoms with Crippen molar-refractivity contribution in [1.29, 1.82) is 0 Å². The van der Waals surface area contributed by atoms with Crippen LogP contribution in [-0.2, 0) is 0 Å². The van der Waals surface area contributed by atoms with Gasteiger partial charge in [0.2, 0.25) is 0 Å². The second kappa shape index (κ2) is 6.19. The van der Waals surface area contributed by atoms with Crippen LogP contribution in [0.2, 0.25) is 0 Å². The second-order valence-electron chi connectivity index (χ2n) is 4.69. The first kappa shape index (κ1) is 12.6. The normalized spacial score (nSPS) is 12.3. The summed E-state index contributed by atoms with van der Waals surface area (Å²) in [7, 11) is 0. The first-order valence-corrected chi connectivity index (χ1v) is 6.48. The van der Waals surface area contributed by atoms with Gasteiger partial charge in [0.25, 0.3) is 0 Å². The van der Waals surface area contributed by atoms with Crippen LogP contribution in [0.1, 0.15) is 26.7 Å². The highest BCUT2D eigenvalue weighted by atomic mass is 15.2. The van der Waals surface area contributed by atoms with Crippen LogP contribution < -0.4 is 5.32 Å². The van der Waals surface area contributed by atoms with Crippen molar-refractivity contribution in [2.75, 3.05) is 11.9 Å². The lowest BCUT2D eigenvalue weighted by Gasteiger charge is -2.13. The molecule has 0 radical (unpaired) electrons. The van der Waals surface area contributed by atoms with E-state index in [0.717, 1.165) is 17.9 Å². The van der Waals surface area contributed by atoms with Gasteiger partial charge in [-0.25, -0.2) is 0 Å². The van der Waals surface area contributed by atoms with Crippen LogP contribution in [0.15, 0.2) is 36.9 Å². The molecular weight excluding hydrogens is 224 g/mol. The minimum absolute atomic E-state index is 0.702. The molecule has 1 unspecified atom stereocenters. The smallest absolute Gasteiger partial charge is 0.123 e. The topological polar surface area (TPSA) is 42.7 Å². The first-order chi connectivity index (χ1) is 8.79. The largest absolute Gasteiger partial charge is 0.385 e. The Morgan fingerprint density at radius 3 is 2.78 bits per heavy atom. The standard InChI is InChI=1S/C14H20N4/c1-3-5-12(2)9-15-13-6-4-7-14(8-13)18-10-16-17-11-18/h4,6-8,10-12,15H,3,5,9H2,1-2H3. The molecule has 1 atom stereocenters. The van der Waals surface area contributed by atoms with Gasteiger partial charge in [0.15, 0.2) is 0 Å². The molecule has 1 heterocycles. The van der Waals surface area contributed by atoms with Crippen LogP contribution in [-0.4, -0.2) is 21.3 Å². The van der Waals surface area contributed by atoms with E-state index >= 15 is 0 Å². The summed E-state index contributed by atoms with van der Waals surface area (Å²) >= 11 is 0. The molecule has 4 nitrogen and oxygen atoms in total. The Morgan fingerprint density at radius 2 is 2.06 bits per heavy atom. The third kappa shape index (κ3) is 3.32. The van der Waals surface area contributed by atoms with Gasteiger partial charge in [0, 0.05) is 12.2 Å². The number of anilines is 1. The summed E-state index contributed by atoms with van der Waals surface area (Å²) in [5.41, 5.74) is 2.22. The Balaban J connectivity index is 2.00. The molecule has 0 aliphatic heterocycles. The molecule has 2 rings (SSSR count). The lowest BCUT2D eigenvalue weighted by atomic mass is 10.1. The summed E-state index contributed by atoms with van der Waals surface area (Å²) in [4.78, 5) is 0. The lowest BCUT2D eigenvalue weighted by molar-refractivity contribution is 0.551. The monoisotopic (exact) mass is 244 g/mol. The van der Waals surface area contributed by atoms with Crippen LogP contribution in [0, 0.1) is 5.92 Å². The number of nitrogens with one attached hydrogen (secondary N) is 1. The SMILES string of the molecule is CCCC(C)CNc1cccc(-n2cnnc2)c1. The van der Waals surface area contributed by atoms with Gasteiger partial charge in [0.1, 0.15) is 12.7 Å². The van der Waals surface area contributed by atoms with Gasteiger partial charge in [-0.2, -0.15) is 0 Å². The summed E-state index contributed by atoms with van der Waals surface area (Å²) < 4.78 is 1.90. The fourth-order valence-corrected chi connectivity index (χ4v) is 2.00. The summed E-state index contributed by atoms with van der Waals surface area (Å²) in [5.74, 6) is 0.702. The summed E-state index contributed by atoms with van der Waals surface area (Å²) in [6.07, 6.45) is 5.92. The highest BCUT2D eigenvalue weighted by Gasteiger charge is 2.02. The molecule has 0 spiro atoms. The van der Waals surface area contributed by atoms with Crippen LogP contribution >= 0.6 is 0 Å². The number of nitrogens with zero attached hydrogens (tertiary/aromatic N) is 3. The van der Waals surface area contributed by atoms with E-state index in [1.165, 1.54) is 12.8 Å². The minimum Gasteiger partial charge on any atom is -0.385 e. The van der Waals surface area contributed by atoms with E-state index in [1.807, 2.05) is 16.7 Å². The van der Waals surface area contributed by atoms with Gasteiger partial charge >= 0.3 is 0 Å². The van der Waals surface area contributed by atoms with E-state index in [2.05, 4.69) is 41.5 Å². The molecule has 0 saturated heterocycles. The van der Waals surface area contributed by atoms with Crippen molar-refractivity contribution in [3.05, 3.63) is 36.9 Å². The Bertz CT molecular complexity index is 464. The minimum atomic E-state index is 0.702. The van der Waals surface area contributed by atoms with Crippen LogP contribution in [0.5, 0.6) is 0 Å². The van der Waals surface area contributed by atoms with Crippen molar-refractivity contribution in [3.8, 4) is 5.69 Å². The van der Waals surface area contributed by atoms with Crippen molar-refractivity contribution in [2.45, 2.75) is 26.7 Å². The molecule has 4 heteroatoms. The Morgan fingerprint density at radius 1 is 1.28 bits per heavy atom. The lowest BCUT2D eigenvalue weighted by Crippen LogP contribution is -2.11. The Kier molecular flexibility index (Phi) is 4.34. The molecule has 1 N–H and O–H groups in total. The Hall–Kier alpha value is -1.84. The van der Waals surface area contributed by atoms with E-state index in [4.69, 9.17) is 0 Å². The van der Waals surface area contributed by atoms with E-state index in [0.29, 0.717) is 5.92 Å². The van der Waals surface area contributed by atoms with E-state index in [1.54, 1.807) is 12.7 Å². The van der Waals surface area contributed by atoms with E-state index < -0.39 is 0 Å². The van der Waals surface area contributed by atoms with Gasteiger partial charge < -0.3 is 5.32 Å². The average molecular weight is 244 g/mol. The third-order valence-corrected chi connectivity index (χ3v) is 3.00. The molecule has 0 aliphatic rings. The highest BCUT2D eigenvalue weighted by Crippen LogP contribution is 2.15. The summed E-state index contributed by atoms with van der Waals surface area (Å²) in [5, 5.41) is 11.1. The van der Waals surface area contributed by atoms with Crippen LogP contribution in [0.4, 0.5) is 5.69 Å². The zero-order valence-electron chi connectivity index (χ0n) is 11.0. The maximum Gasteiger partial charge on any atom is 0.123 e. The maximum absolute atomic E-state index is 3.82. The van der Waals surface area contributed by atoms with Crippen LogP contribution in [0.25, 0.3) is 5.69 Å². The van der Waals surface area contributed by atoms with Gasteiger partial charge in [-0.3, -0.25) is 4.57 Å². The predicted molar refractivity (Wildman–Crippen MR) is 73.9 cm³/mol. The predicted octanol–water partition coefficient (Wildman–Crippen LogP) is 3.12. The zero-order chi connectivity index (χ0) is 12.8. The fourth-order valence-electron chi connectivity index (χ4n) is 2.00. The van der Waals surface area contributed by atoms with Crippen molar-refractivity contribution in [1.82, 2.24) is 14.8 Å². The van der Waals surface area contributed by atoms with Gasteiger partial charge in [-0.15, -0.1) is 10.2 Å². The highest BCUT2D eigenvalue weighted by molar-refractivity contribution is 5.50. The van der Waals surface area contributed by atoms with Crippen LogP contribution in [0.3, 0.4) is 0 Å². The molecule has 0 saturated carbocycles. The van der Waals surface area contributed by atoms with E-state index in [9.17, 15) is 0 Å². The molecule has 1 aromatic carbocycles. The molecule has 0 aliphatic carbocycles. The number of rotatable bonds is 6.